The van der Waals surface area contributed by atoms with Crippen LogP contribution in [0.15, 0.2) is 36.4 Å². The van der Waals surface area contributed by atoms with Gasteiger partial charge in [-0.2, -0.15) is 0 Å². The molecule has 1 heterocycles. The van der Waals surface area contributed by atoms with Crippen molar-refractivity contribution < 1.29 is 9.59 Å². The Morgan fingerprint density at radius 2 is 1.82 bits per heavy atom. The number of nitrogens with zero attached hydrogens (tertiary/aromatic N) is 1. The summed E-state index contributed by atoms with van der Waals surface area (Å²) in [6, 6.07) is 11.1. The molecule has 2 rings (SSSR count). The zero-order valence-corrected chi connectivity index (χ0v) is 13.7. The van der Waals surface area contributed by atoms with E-state index in [4.69, 9.17) is 0 Å². The lowest BCUT2D eigenvalue weighted by molar-refractivity contribution is 0.0935. The zero-order chi connectivity index (χ0) is 16.1. The van der Waals surface area contributed by atoms with Crippen molar-refractivity contribution in [2.24, 2.45) is 0 Å². The van der Waals surface area contributed by atoms with Crippen LogP contribution in [0.3, 0.4) is 0 Å². The van der Waals surface area contributed by atoms with Crippen LogP contribution in [-0.4, -0.2) is 23.9 Å². The standard InChI is InChI=1S/C16H19N3O2S/c1-11-6-4-5-7-13(11)10-19(3)16(21)18-17-15(20)14-9-8-12(2)22-14/h4-9H,10H2,1-3H3,(H,17,20)(H,18,21). The van der Waals surface area contributed by atoms with E-state index in [0.29, 0.717) is 11.4 Å². The molecule has 116 valence electrons. The summed E-state index contributed by atoms with van der Waals surface area (Å²) in [7, 11) is 1.68. The first-order valence-corrected chi connectivity index (χ1v) is 7.71. The van der Waals surface area contributed by atoms with Crippen molar-refractivity contribution >= 4 is 23.3 Å². The molecule has 0 saturated heterocycles. The van der Waals surface area contributed by atoms with Gasteiger partial charge < -0.3 is 4.90 Å². The lowest BCUT2D eigenvalue weighted by Gasteiger charge is -2.19. The molecule has 1 aromatic carbocycles. The Hall–Kier alpha value is -2.34. The number of nitrogens with one attached hydrogen (secondary N) is 2. The van der Waals surface area contributed by atoms with E-state index in [9.17, 15) is 9.59 Å². The number of hydrogen-bond donors (Lipinski definition) is 2. The quantitative estimate of drug-likeness (QED) is 0.855. The van der Waals surface area contributed by atoms with Crippen molar-refractivity contribution in [2.45, 2.75) is 20.4 Å². The summed E-state index contributed by atoms with van der Waals surface area (Å²) in [4.78, 5) is 27.0. The molecule has 3 amide bonds. The SMILES string of the molecule is Cc1ccc(C(=O)NNC(=O)N(C)Cc2ccccc2C)s1. The van der Waals surface area contributed by atoms with Crippen LogP contribution in [0.5, 0.6) is 0 Å². The highest BCUT2D eigenvalue weighted by molar-refractivity contribution is 7.13. The summed E-state index contributed by atoms with van der Waals surface area (Å²) in [5.74, 6) is -0.309. The first-order chi connectivity index (χ1) is 10.5. The van der Waals surface area contributed by atoms with Crippen LogP contribution < -0.4 is 10.9 Å². The second-order valence-electron chi connectivity index (χ2n) is 5.08. The third-order valence-corrected chi connectivity index (χ3v) is 4.26. The number of aryl methyl sites for hydroxylation is 2. The summed E-state index contributed by atoms with van der Waals surface area (Å²) in [6.45, 7) is 4.41. The molecule has 2 aromatic rings. The third-order valence-electron chi connectivity index (χ3n) is 3.26. The van der Waals surface area contributed by atoms with Crippen molar-refractivity contribution in [3.05, 3.63) is 57.3 Å². The number of thiophene rings is 1. The monoisotopic (exact) mass is 317 g/mol. The number of hydrazine groups is 1. The molecule has 0 bridgehead atoms. The van der Waals surface area contributed by atoms with Crippen molar-refractivity contribution in [2.75, 3.05) is 7.05 Å². The normalized spacial score (nSPS) is 10.1. The summed E-state index contributed by atoms with van der Waals surface area (Å²) >= 11 is 1.38. The molecule has 6 heteroatoms. The maximum Gasteiger partial charge on any atom is 0.336 e. The smallest absolute Gasteiger partial charge is 0.322 e. The highest BCUT2D eigenvalue weighted by atomic mass is 32.1. The number of carbonyl (C=O) groups is 2. The van der Waals surface area contributed by atoms with E-state index in [-0.39, 0.29) is 11.9 Å². The Kier molecular flexibility index (Phi) is 5.16. The van der Waals surface area contributed by atoms with Crippen molar-refractivity contribution in [1.29, 1.82) is 0 Å². The Morgan fingerprint density at radius 3 is 2.45 bits per heavy atom. The van der Waals surface area contributed by atoms with Crippen LogP contribution in [0.25, 0.3) is 0 Å². The van der Waals surface area contributed by atoms with Crippen LogP contribution in [0, 0.1) is 13.8 Å². The molecule has 22 heavy (non-hydrogen) atoms. The summed E-state index contributed by atoms with van der Waals surface area (Å²) in [6.07, 6.45) is 0. The first kappa shape index (κ1) is 16.0. The minimum Gasteiger partial charge on any atom is -0.322 e. The summed E-state index contributed by atoms with van der Waals surface area (Å²) in [5.41, 5.74) is 7.04. The number of urea groups is 1. The van der Waals surface area contributed by atoms with Gasteiger partial charge in [0.05, 0.1) is 4.88 Å². The van der Waals surface area contributed by atoms with E-state index in [1.54, 1.807) is 13.1 Å². The number of hydrogen-bond acceptors (Lipinski definition) is 3. The Bertz CT molecular complexity index is 682. The predicted octanol–water partition coefficient (Wildman–Crippen LogP) is 2.85. The predicted molar refractivity (Wildman–Crippen MR) is 87.7 cm³/mol. The van der Waals surface area contributed by atoms with Gasteiger partial charge in [0.15, 0.2) is 0 Å². The maximum atomic E-state index is 12.0. The molecular weight excluding hydrogens is 298 g/mol. The van der Waals surface area contributed by atoms with E-state index in [1.807, 2.05) is 44.2 Å². The molecule has 0 aliphatic rings. The fourth-order valence-electron chi connectivity index (χ4n) is 1.94. The van der Waals surface area contributed by atoms with Gasteiger partial charge in [-0.15, -0.1) is 11.3 Å². The van der Waals surface area contributed by atoms with Crippen LogP contribution in [-0.2, 0) is 6.54 Å². The Balaban J connectivity index is 1.86. The van der Waals surface area contributed by atoms with Gasteiger partial charge in [-0.1, -0.05) is 24.3 Å². The Morgan fingerprint density at radius 1 is 1.09 bits per heavy atom. The minimum absolute atomic E-state index is 0.309. The van der Waals surface area contributed by atoms with Gasteiger partial charge in [-0.05, 0) is 37.1 Å². The zero-order valence-electron chi connectivity index (χ0n) is 12.8. The lowest BCUT2D eigenvalue weighted by Crippen LogP contribution is -2.47. The lowest BCUT2D eigenvalue weighted by atomic mass is 10.1. The maximum absolute atomic E-state index is 12.0. The summed E-state index contributed by atoms with van der Waals surface area (Å²) in [5, 5.41) is 0. The van der Waals surface area contributed by atoms with Gasteiger partial charge in [-0.3, -0.25) is 10.2 Å². The van der Waals surface area contributed by atoms with Gasteiger partial charge in [0.2, 0.25) is 0 Å². The third kappa shape index (κ3) is 4.08. The fraction of sp³-hybridized carbons (Fsp3) is 0.250. The largest absolute Gasteiger partial charge is 0.336 e. The molecule has 0 spiro atoms. The second-order valence-corrected chi connectivity index (χ2v) is 6.37. The fourth-order valence-corrected chi connectivity index (χ4v) is 2.70. The minimum atomic E-state index is -0.357. The second kappa shape index (κ2) is 7.09. The highest BCUT2D eigenvalue weighted by Gasteiger charge is 2.13. The molecule has 0 atom stereocenters. The topological polar surface area (TPSA) is 61.4 Å². The van der Waals surface area contributed by atoms with Crippen LogP contribution in [0.2, 0.25) is 0 Å². The molecule has 0 unspecified atom stereocenters. The van der Waals surface area contributed by atoms with Crippen molar-refractivity contribution in [3.8, 4) is 0 Å². The van der Waals surface area contributed by atoms with Crippen molar-refractivity contribution in [3.63, 3.8) is 0 Å². The van der Waals surface area contributed by atoms with E-state index in [1.165, 1.54) is 16.2 Å². The molecular formula is C16H19N3O2S. The van der Waals surface area contributed by atoms with E-state index >= 15 is 0 Å². The molecule has 2 N–H and O–H groups in total. The molecule has 0 fully saturated rings. The van der Waals surface area contributed by atoms with Gasteiger partial charge in [0.1, 0.15) is 0 Å². The van der Waals surface area contributed by atoms with Gasteiger partial charge >= 0.3 is 6.03 Å². The van der Waals surface area contributed by atoms with Crippen LogP contribution >= 0.6 is 11.3 Å². The van der Waals surface area contributed by atoms with Crippen molar-refractivity contribution in [1.82, 2.24) is 15.8 Å². The molecule has 0 saturated carbocycles. The molecule has 1 aromatic heterocycles. The average Bonchev–Trinajstić information content (AvgIpc) is 2.93. The number of amides is 3. The van der Waals surface area contributed by atoms with Gasteiger partial charge in [0.25, 0.3) is 5.91 Å². The van der Waals surface area contributed by atoms with Crippen LogP contribution in [0.1, 0.15) is 25.7 Å². The van der Waals surface area contributed by atoms with E-state index in [2.05, 4.69) is 10.9 Å². The molecule has 5 nitrogen and oxygen atoms in total. The van der Waals surface area contributed by atoms with E-state index < -0.39 is 0 Å². The first-order valence-electron chi connectivity index (χ1n) is 6.90. The Labute approximate surface area is 133 Å². The van der Waals surface area contributed by atoms with Gasteiger partial charge in [0, 0.05) is 18.5 Å². The molecule has 0 aliphatic carbocycles. The number of benzene rings is 1. The highest BCUT2D eigenvalue weighted by Crippen LogP contribution is 2.14. The van der Waals surface area contributed by atoms with E-state index in [0.717, 1.165) is 16.0 Å². The molecule has 0 radical (unpaired) electrons. The average molecular weight is 317 g/mol. The number of rotatable bonds is 3. The van der Waals surface area contributed by atoms with Gasteiger partial charge in [-0.25, -0.2) is 10.2 Å². The molecule has 0 aliphatic heterocycles. The summed E-state index contributed by atoms with van der Waals surface area (Å²) < 4.78 is 0. The van der Waals surface area contributed by atoms with Crippen LogP contribution in [0.4, 0.5) is 4.79 Å². The number of carbonyl (C=O) groups excluding carboxylic acids is 2.